The third kappa shape index (κ3) is 5.26. The van der Waals surface area contributed by atoms with E-state index in [1.54, 1.807) is 12.1 Å². The summed E-state index contributed by atoms with van der Waals surface area (Å²) in [5.41, 5.74) is 7.96. The van der Waals surface area contributed by atoms with Gasteiger partial charge in [-0.25, -0.2) is 4.98 Å². The SMILES string of the molecule is [2H]C([2H])([2H])c1ccc2c(c1)c1ccc(Oc3[c-]c(-n4nc(C)c(-c5ccccc5)c4C)ccc3)[c-]c1n2-c1cc(C(C)C)ccn1.[Pt+2]. The minimum Gasteiger partial charge on any atom is -0.509 e. The minimum absolute atomic E-state index is 0. The maximum atomic E-state index is 7.99. The number of nitrogens with zero attached hydrogens (tertiary/aromatic N) is 4. The summed E-state index contributed by atoms with van der Waals surface area (Å²) < 4.78 is 34.2. The van der Waals surface area contributed by atoms with Crippen LogP contribution in [0.25, 0.3) is 44.4 Å². The van der Waals surface area contributed by atoms with Gasteiger partial charge in [0, 0.05) is 38.6 Å². The molecule has 0 aliphatic carbocycles. The first-order valence-corrected chi connectivity index (χ1v) is 14.4. The number of hydrogen-bond donors (Lipinski definition) is 0. The smallest absolute Gasteiger partial charge is 0.509 e. The van der Waals surface area contributed by atoms with Gasteiger partial charge in [-0.3, -0.25) is 4.68 Å². The molecule has 44 heavy (non-hydrogen) atoms. The molecule has 0 aliphatic heterocycles. The summed E-state index contributed by atoms with van der Waals surface area (Å²) in [4.78, 5) is 4.71. The van der Waals surface area contributed by atoms with Gasteiger partial charge >= 0.3 is 21.1 Å². The average Bonchev–Trinajstić information content (AvgIpc) is 3.53. The van der Waals surface area contributed by atoms with E-state index in [-0.39, 0.29) is 26.6 Å². The van der Waals surface area contributed by atoms with Crippen LogP contribution in [0.4, 0.5) is 0 Å². The number of rotatable bonds is 6. The molecule has 0 unspecified atom stereocenters. The molecular weight excluding hydrogens is 724 g/mol. The molecular formula is C38H32N4OPt. The van der Waals surface area contributed by atoms with Crippen molar-refractivity contribution in [2.24, 2.45) is 0 Å². The zero-order chi connectivity index (χ0) is 32.2. The maximum Gasteiger partial charge on any atom is 2.00 e. The molecule has 0 saturated carbocycles. The van der Waals surface area contributed by atoms with Gasteiger partial charge in [-0.2, -0.15) is 17.2 Å². The Kier molecular flexibility index (Phi) is 7.02. The summed E-state index contributed by atoms with van der Waals surface area (Å²) in [5, 5.41) is 6.51. The van der Waals surface area contributed by atoms with Crippen LogP contribution in [0.1, 0.15) is 46.4 Å². The maximum absolute atomic E-state index is 7.99. The molecule has 6 heteroatoms. The van der Waals surface area contributed by atoms with Gasteiger partial charge in [0.2, 0.25) is 0 Å². The quantitative estimate of drug-likeness (QED) is 0.159. The Morgan fingerprint density at radius 2 is 1.66 bits per heavy atom. The monoisotopic (exact) mass is 758 g/mol. The molecule has 0 aliphatic rings. The first kappa shape index (κ1) is 26.0. The van der Waals surface area contributed by atoms with Crippen molar-refractivity contribution in [3.8, 4) is 34.1 Å². The Morgan fingerprint density at radius 3 is 2.45 bits per heavy atom. The second-order valence-electron chi connectivity index (χ2n) is 11.1. The molecule has 0 spiro atoms. The van der Waals surface area contributed by atoms with E-state index in [9.17, 15) is 0 Å². The zero-order valence-electron chi connectivity index (χ0n) is 27.8. The van der Waals surface area contributed by atoms with E-state index in [1.165, 1.54) is 0 Å². The van der Waals surface area contributed by atoms with Gasteiger partial charge < -0.3 is 9.30 Å². The zero-order valence-corrected chi connectivity index (χ0v) is 27.1. The molecule has 0 bridgehead atoms. The van der Waals surface area contributed by atoms with Crippen molar-refractivity contribution in [3.05, 3.63) is 132 Å². The Hall–Kier alpha value is -4.47. The number of hydrogen-bond acceptors (Lipinski definition) is 3. The molecule has 7 aromatic rings. The summed E-state index contributed by atoms with van der Waals surface area (Å²) in [6.07, 6.45) is 1.81. The van der Waals surface area contributed by atoms with Gasteiger partial charge in [0.25, 0.3) is 0 Å². The number of aromatic nitrogens is 4. The molecule has 0 atom stereocenters. The van der Waals surface area contributed by atoms with Gasteiger partial charge in [0.1, 0.15) is 5.82 Å². The Labute approximate surface area is 276 Å². The fourth-order valence-electron chi connectivity index (χ4n) is 5.78. The van der Waals surface area contributed by atoms with E-state index in [0.717, 1.165) is 61.4 Å². The molecule has 4 aromatic carbocycles. The molecule has 3 aromatic heterocycles. The molecule has 0 radical (unpaired) electrons. The first-order chi connectivity index (χ1) is 22.1. The van der Waals surface area contributed by atoms with Gasteiger partial charge in [-0.15, -0.1) is 35.7 Å². The van der Waals surface area contributed by atoms with Crippen molar-refractivity contribution in [2.75, 3.05) is 0 Å². The largest absolute Gasteiger partial charge is 2.00 e. The van der Waals surface area contributed by atoms with Gasteiger partial charge in [0.15, 0.2) is 0 Å². The predicted octanol–water partition coefficient (Wildman–Crippen LogP) is 9.47. The van der Waals surface area contributed by atoms with Crippen LogP contribution in [0.2, 0.25) is 0 Å². The predicted molar refractivity (Wildman–Crippen MR) is 174 cm³/mol. The Balaban J connectivity index is 0.00000386. The minimum atomic E-state index is -2.22. The number of aryl methyl sites for hydroxylation is 2. The number of benzene rings is 4. The van der Waals surface area contributed by atoms with Crippen molar-refractivity contribution in [1.82, 2.24) is 19.3 Å². The standard InChI is InChI=1S/C38H32N4O.Pt/c1-24(2)29-18-19-39-37(21-29)41-35-17-14-25(3)20-34(35)33-16-15-32(23-36(33)41)43-31-13-9-12-30(22-31)42-27(5)38(26(4)40-42)28-10-7-6-8-11-28;/h6-21,24H,1-5H3;/q-2;+2/i3D3;. The van der Waals surface area contributed by atoms with E-state index in [4.69, 9.17) is 18.9 Å². The van der Waals surface area contributed by atoms with Crippen molar-refractivity contribution in [3.63, 3.8) is 0 Å². The van der Waals surface area contributed by atoms with E-state index in [2.05, 4.69) is 51.1 Å². The fraction of sp³-hybridized carbons (Fsp3) is 0.158. The second-order valence-corrected chi connectivity index (χ2v) is 11.1. The van der Waals surface area contributed by atoms with Crippen LogP contribution in [-0.2, 0) is 21.1 Å². The normalized spacial score (nSPS) is 12.6. The Bertz CT molecular complexity index is 2240. The van der Waals surface area contributed by atoms with E-state index in [1.807, 2.05) is 83.0 Å². The molecule has 220 valence electrons. The van der Waals surface area contributed by atoms with Crippen LogP contribution in [0, 0.1) is 32.8 Å². The summed E-state index contributed by atoms with van der Waals surface area (Å²) in [6.45, 7) is 6.14. The fourth-order valence-corrected chi connectivity index (χ4v) is 5.78. The topological polar surface area (TPSA) is 44.9 Å². The van der Waals surface area contributed by atoms with Crippen LogP contribution in [0.5, 0.6) is 11.5 Å². The van der Waals surface area contributed by atoms with Crippen molar-refractivity contribution in [1.29, 1.82) is 0 Å². The summed E-state index contributed by atoms with van der Waals surface area (Å²) in [6, 6.07) is 36.0. The van der Waals surface area contributed by atoms with Crippen LogP contribution >= 0.6 is 0 Å². The van der Waals surface area contributed by atoms with E-state index in [0.29, 0.717) is 17.4 Å². The summed E-state index contributed by atoms with van der Waals surface area (Å²) in [7, 11) is 0. The van der Waals surface area contributed by atoms with Gasteiger partial charge in [0.05, 0.1) is 5.69 Å². The molecule has 0 fully saturated rings. The van der Waals surface area contributed by atoms with Crippen LogP contribution in [0.3, 0.4) is 0 Å². The van der Waals surface area contributed by atoms with E-state index >= 15 is 0 Å². The molecule has 3 heterocycles. The molecule has 0 saturated heterocycles. The van der Waals surface area contributed by atoms with Crippen molar-refractivity contribution < 1.29 is 29.9 Å². The second kappa shape index (κ2) is 11.9. The summed E-state index contributed by atoms with van der Waals surface area (Å²) in [5.74, 6) is 2.07. The third-order valence-corrected chi connectivity index (χ3v) is 7.87. The molecule has 0 N–H and O–H groups in total. The molecule has 5 nitrogen and oxygen atoms in total. The molecule has 7 rings (SSSR count). The van der Waals surface area contributed by atoms with Crippen LogP contribution < -0.4 is 4.74 Å². The molecule has 0 amide bonds. The third-order valence-electron chi connectivity index (χ3n) is 7.87. The van der Waals surface area contributed by atoms with Gasteiger partial charge in [-0.05, 0) is 67.0 Å². The van der Waals surface area contributed by atoms with E-state index < -0.39 is 6.85 Å². The summed E-state index contributed by atoms with van der Waals surface area (Å²) >= 11 is 0. The van der Waals surface area contributed by atoms with Crippen molar-refractivity contribution >= 4 is 21.8 Å². The average molecular weight is 759 g/mol. The number of pyridine rings is 1. The van der Waals surface area contributed by atoms with Crippen LogP contribution in [0.15, 0.2) is 97.2 Å². The van der Waals surface area contributed by atoms with Crippen molar-refractivity contribution in [2.45, 2.75) is 40.5 Å². The van der Waals surface area contributed by atoms with Crippen LogP contribution in [-0.4, -0.2) is 19.3 Å². The number of fused-ring (bicyclic) bond motifs is 3. The van der Waals surface area contributed by atoms with Gasteiger partial charge in [-0.1, -0.05) is 67.4 Å². The number of ether oxygens (including phenoxy) is 1. The Morgan fingerprint density at radius 1 is 0.841 bits per heavy atom. The first-order valence-electron chi connectivity index (χ1n) is 15.9.